The first kappa shape index (κ1) is 14.7. The van der Waals surface area contributed by atoms with E-state index in [4.69, 9.17) is 5.11 Å². The minimum atomic E-state index is 0.257. The third-order valence-electron chi connectivity index (χ3n) is 2.81. The molecule has 1 unspecified atom stereocenters. The number of rotatable bonds is 6. The largest absolute Gasteiger partial charge is 0.396 e. The highest BCUT2D eigenvalue weighted by molar-refractivity contribution is 7.12. The van der Waals surface area contributed by atoms with Crippen LogP contribution in [0.25, 0.3) is 0 Å². The molecular weight excluding hydrogens is 230 g/mol. The summed E-state index contributed by atoms with van der Waals surface area (Å²) < 4.78 is 0. The summed E-state index contributed by atoms with van der Waals surface area (Å²) in [6.07, 6.45) is 0.880. The second kappa shape index (κ2) is 6.53. The fourth-order valence-corrected chi connectivity index (χ4v) is 2.68. The molecule has 0 radical (unpaired) electrons. The minimum absolute atomic E-state index is 0.257. The molecule has 17 heavy (non-hydrogen) atoms. The molecule has 1 aromatic rings. The Morgan fingerprint density at radius 1 is 1.35 bits per heavy atom. The molecule has 0 aromatic carbocycles. The summed E-state index contributed by atoms with van der Waals surface area (Å²) in [6.45, 7) is 11.1. The van der Waals surface area contributed by atoms with Gasteiger partial charge in [0.15, 0.2) is 0 Å². The number of aliphatic hydroxyl groups excluding tert-OH is 1. The number of aliphatic hydroxyl groups is 1. The SMILES string of the molecule is CC(CCO)CNCc1ccc(C(C)(C)C)s1. The Kier molecular flexibility index (Phi) is 5.63. The Hall–Kier alpha value is -0.380. The van der Waals surface area contributed by atoms with E-state index in [1.807, 2.05) is 11.3 Å². The maximum absolute atomic E-state index is 8.82. The molecular formula is C14H25NOS. The number of hydrogen-bond acceptors (Lipinski definition) is 3. The number of nitrogens with one attached hydrogen (secondary N) is 1. The van der Waals surface area contributed by atoms with Crippen molar-refractivity contribution in [3.05, 3.63) is 21.9 Å². The van der Waals surface area contributed by atoms with E-state index in [2.05, 4.69) is 45.1 Å². The summed E-state index contributed by atoms with van der Waals surface area (Å²) in [5, 5.41) is 12.3. The molecule has 0 aliphatic carbocycles. The molecule has 0 bridgehead atoms. The Balaban J connectivity index is 2.35. The van der Waals surface area contributed by atoms with Gasteiger partial charge in [0, 0.05) is 22.9 Å². The zero-order chi connectivity index (χ0) is 12.9. The first-order chi connectivity index (χ1) is 7.93. The van der Waals surface area contributed by atoms with Gasteiger partial charge in [0.05, 0.1) is 0 Å². The summed E-state index contributed by atoms with van der Waals surface area (Å²) >= 11 is 1.89. The average molecular weight is 255 g/mol. The lowest BCUT2D eigenvalue weighted by molar-refractivity contribution is 0.260. The van der Waals surface area contributed by atoms with Crippen molar-refractivity contribution in [2.75, 3.05) is 13.2 Å². The summed E-state index contributed by atoms with van der Waals surface area (Å²) in [7, 11) is 0. The van der Waals surface area contributed by atoms with Gasteiger partial charge in [0.2, 0.25) is 0 Å². The molecule has 2 nitrogen and oxygen atoms in total. The van der Waals surface area contributed by atoms with Crippen molar-refractivity contribution in [3.8, 4) is 0 Å². The van der Waals surface area contributed by atoms with E-state index >= 15 is 0 Å². The molecule has 0 aliphatic rings. The molecule has 0 saturated heterocycles. The predicted octanol–water partition coefficient (Wildman–Crippen LogP) is 3.15. The van der Waals surface area contributed by atoms with Crippen LogP contribution in [0.3, 0.4) is 0 Å². The molecule has 1 heterocycles. The second-order valence-corrected chi connectivity index (χ2v) is 6.93. The molecule has 0 spiro atoms. The van der Waals surface area contributed by atoms with Crippen LogP contribution in [-0.4, -0.2) is 18.3 Å². The Bertz CT molecular complexity index is 327. The number of thiophene rings is 1. The van der Waals surface area contributed by atoms with E-state index in [9.17, 15) is 0 Å². The van der Waals surface area contributed by atoms with Crippen molar-refractivity contribution >= 4 is 11.3 Å². The van der Waals surface area contributed by atoms with Gasteiger partial charge in [-0.05, 0) is 36.4 Å². The van der Waals surface area contributed by atoms with Crippen molar-refractivity contribution in [3.63, 3.8) is 0 Å². The molecule has 1 atom stereocenters. The van der Waals surface area contributed by atoms with Crippen LogP contribution in [-0.2, 0) is 12.0 Å². The second-order valence-electron chi connectivity index (χ2n) is 5.76. The van der Waals surface area contributed by atoms with Crippen LogP contribution >= 0.6 is 11.3 Å². The molecule has 3 heteroatoms. The zero-order valence-electron chi connectivity index (χ0n) is 11.4. The van der Waals surface area contributed by atoms with Crippen molar-refractivity contribution in [1.29, 1.82) is 0 Å². The van der Waals surface area contributed by atoms with Gasteiger partial charge >= 0.3 is 0 Å². The molecule has 2 N–H and O–H groups in total. The van der Waals surface area contributed by atoms with Gasteiger partial charge in [-0.3, -0.25) is 0 Å². The lowest BCUT2D eigenvalue weighted by Gasteiger charge is -2.15. The molecule has 98 valence electrons. The van der Waals surface area contributed by atoms with Crippen LogP contribution in [0.5, 0.6) is 0 Å². The Morgan fingerprint density at radius 3 is 2.59 bits per heavy atom. The standard InChI is InChI=1S/C14H25NOS/c1-11(7-8-16)9-15-10-12-5-6-13(17-12)14(2,3)4/h5-6,11,15-16H,7-10H2,1-4H3. The summed E-state index contributed by atoms with van der Waals surface area (Å²) in [5.74, 6) is 0.544. The summed E-state index contributed by atoms with van der Waals surface area (Å²) in [5.41, 5.74) is 0.257. The Morgan fingerprint density at radius 2 is 2.06 bits per heavy atom. The topological polar surface area (TPSA) is 32.3 Å². The smallest absolute Gasteiger partial charge is 0.0434 e. The van der Waals surface area contributed by atoms with Crippen molar-refractivity contribution in [1.82, 2.24) is 5.32 Å². The van der Waals surface area contributed by atoms with E-state index in [-0.39, 0.29) is 12.0 Å². The lowest BCUT2D eigenvalue weighted by atomic mass is 9.95. The quantitative estimate of drug-likeness (QED) is 0.818. The minimum Gasteiger partial charge on any atom is -0.396 e. The maximum atomic E-state index is 8.82. The van der Waals surface area contributed by atoms with Crippen LogP contribution in [0, 0.1) is 5.92 Å². The maximum Gasteiger partial charge on any atom is 0.0434 e. The van der Waals surface area contributed by atoms with Gasteiger partial charge in [-0.1, -0.05) is 27.7 Å². The van der Waals surface area contributed by atoms with E-state index in [0.717, 1.165) is 19.5 Å². The molecule has 1 rings (SSSR count). The van der Waals surface area contributed by atoms with Crippen molar-refractivity contribution in [2.45, 2.75) is 46.1 Å². The summed E-state index contributed by atoms with van der Waals surface area (Å²) in [6, 6.07) is 4.45. The van der Waals surface area contributed by atoms with E-state index < -0.39 is 0 Å². The van der Waals surface area contributed by atoms with E-state index in [1.54, 1.807) is 0 Å². The molecule has 0 aliphatic heterocycles. The average Bonchev–Trinajstić information content (AvgIpc) is 2.66. The van der Waals surface area contributed by atoms with Gasteiger partial charge in [-0.2, -0.15) is 0 Å². The van der Waals surface area contributed by atoms with Gasteiger partial charge < -0.3 is 10.4 Å². The molecule has 1 aromatic heterocycles. The van der Waals surface area contributed by atoms with Crippen LogP contribution in [0.1, 0.15) is 43.9 Å². The fraction of sp³-hybridized carbons (Fsp3) is 0.714. The number of hydrogen-bond donors (Lipinski definition) is 2. The van der Waals surface area contributed by atoms with Crippen LogP contribution in [0.15, 0.2) is 12.1 Å². The van der Waals surface area contributed by atoms with Crippen LogP contribution < -0.4 is 5.32 Å². The highest BCUT2D eigenvalue weighted by Crippen LogP contribution is 2.29. The van der Waals surface area contributed by atoms with Crippen LogP contribution in [0.4, 0.5) is 0 Å². The molecule has 0 amide bonds. The third kappa shape index (κ3) is 5.19. The van der Waals surface area contributed by atoms with E-state index in [0.29, 0.717) is 5.92 Å². The van der Waals surface area contributed by atoms with Gasteiger partial charge in [-0.25, -0.2) is 0 Å². The highest BCUT2D eigenvalue weighted by Gasteiger charge is 2.15. The Labute approximate surface area is 109 Å². The van der Waals surface area contributed by atoms with Gasteiger partial charge in [-0.15, -0.1) is 11.3 Å². The van der Waals surface area contributed by atoms with E-state index in [1.165, 1.54) is 9.75 Å². The van der Waals surface area contributed by atoms with Gasteiger partial charge in [0.1, 0.15) is 0 Å². The first-order valence-corrected chi connectivity index (χ1v) is 7.16. The predicted molar refractivity (Wildman–Crippen MR) is 75.6 cm³/mol. The van der Waals surface area contributed by atoms with Crippen LogP contribution in [0.2, 0.25) is 0 Å². The van der Waals surface area contributed by atoms with Gasteiger partial charge in [0.25, 0.3) is 0 Å². The monoisotopic (exact) mass is 255 g/mol. The molecule has 0 saturated carbocycles. The molecule has 0 fully saturated rings. The fourth-order valence-electron chi connectivity index (χ4n) is 1.64. The summed E-state index contributed by atoms with van der Waals surface area (Å²) in [4.78, 5) is 2.84. The highest BCUT2D eigenvalue weighted by atomic mass is 32.1. The first-order valence-electron chi connectivity index (χ1n) is 6.34. The van der Waals surface area contributed by atoms with Crippen molar-refractivity contribution in [2.24, 2.45) is 5.92 Å². The lowest BCUT2D eigenvalue weighted by Crippen LogP contribution is -2.20. The van der Waals surface area contributed by atoms with Crippen molar-refractivity contribution < 1.29 is 5.11 Å². The third-order valence-corrected chi connectivity index (χ3v) is 4.33. The zero-order valence-corrected chi connectivity index (χ0v) is 12.2. The normalized spacial score (nSPS) is 13.9.